The normalized spacial score (nSPS) is 37.4. The number of aromatic nitrogens is 1. The molecular weight excluding hydrogens is 200 g/mol. The van der Waals surface area contributed by atoms with Crippen LogP contribution in [-0.4, -0.2) is 16.6 Å². The standard InChI is InChI=1S/C11H13F2NO/c1-14-6-2-3-8(14)11-5-4-10(12,13)7-9(11)15-11/h2-3,6,9H,4-5,7H2,1H3/t9-,11+/m1/s1. The van der Waals surface area contributed by atoms with Gasteiger partial charge in [-0.05, 0) is 18.6 Å². The molecule has 2 heterocycles. The lowest BCUT2D eigenvalue weighted by molar-refractivity contribution is -0.0331. The minimum absolute atomic E-state index is 0.0608. The second kappa shape index (κ2) is 2.61. The van der Waals surface area contributed by atoms with Gasteiger partial charge < -0.3 is 9.30 Å². The van der Waals surface area contributed by atoms with Gasteiger partial charge in [0.15, 0.2) is 0 Å². The van der Waals surface area contributed by atoms with E-state index in [-0.39, 0.29) is 18.9 Å². The Morgan fingerprint density at radius 3 is 2.87 bits per heavy atom. The smallest absolute Gasteiger partial charge is 0.250 e. The summed E-state index contributed by atoms with van der Waals surface area (Å²) in [7, 11) is 1.93. The van der Waals surface area contributed by atoms with E-state index in [1.54, 1.807) is 0 Å². The Labute approximate surface area is 86.8 Å². The van der Waals surface area contributed by atoms with E-state index >= 15 is 0 Å². The molecule has 1 saturated carbocycles. The summed E-state index contributed by atoms with van der Waals surface area (Å²) < 4.78 is 33.7. The van der Waals surface area contributed by atoms with Crippen LogP contribution in [0.3, 0.4) is 0 Å². The molecule has 0 radical (unpaired) electrons. The van der Waals surface area contributed by atoms with E-state index in [0.29, 0.717) is 6.42 Å². The number of aryl methyl sites for hydroxylation is 1. The fourth-order valence-electron chi connectivity index (χ4n) is 2.64. The third-order valence-corrected chi connectivity index (χ3v) is 3.54. The highest BCUT2D eigenvalue weighted by atomic mass is 19.3. The zero-order valence-corrected chi connectivity index (χ0v) is 8.54. The topological polar surface area (TPSA) is 17.5 Å². The molecule has 2 fully saturated rings. The third-order valence-electron chi connectivity index (χ3n) is 3.54. The van der Waals surface area contributed by atoms with Crippen molar-refractivity contribution in [2.75, 3.05) is 0 Å². The maximum Gasteiger partial charge on any atom is 0.250 e. The van der Waals surface area contributed by atoms with Crippen molar-refractivity contribution >= 4 is 0 Å². The molecule has 2 nitrogen and oxygen atoms in total. The van der Waals surface area contributed by atoms with Gasteiger partial charge in [-0.25, -0.2) is 8.78 Å². The van der Waals surface area contributed by atoms with Gasteiger partial charge in [-0.1, -0.05) is 0 Å². The first-order valence-electron chi connectivity index (χ1n) is 5.21. The van der Waals surface area contributed by atoms with Gasteiger partial charge in [-0.15, -0.1) is 0 Å². The summed E-state index contributed by atoms with van der Waals surface area (Å²) in [5, 5.41) is 0. The van der Waals surface area contributed by atoms with Crippen molar-refractivity contribution in [2.45, 2.75) is 36.9 Å². The lowest BCUT2D eigenvalue weighted by Crippen LogP contribution is -2.31. The van der Waals surface area contributed by atoms with Crippen molar-refractivity contribution in [1.29, 1.82) is 0 Å². The van der Waals surface area contributed by atoms with Crippen LogP contribution in [0, 0.1) is 0 Å². The van der Waals surface area contributed by atoms with Crippen molar-refractivity contribution in [3.8, 4) is 0 Å². The van der Waals surface area contributed by atoms with Crippen LogP contribution in [0.2, 0.25) is 0 Å². The molecule has 15 heavy (non-hydrogen) atoms. The molecule has 2 atom stereocenters. The zero-order valence-electron chi connectivity index (χ0n) is 8.54. The number of alkyl halides is 2. The van der Waals surface area contributed by atoms with Gasteiger partial charge >= 0.3 is 0 Å². The summed E-state index contributed by atoms with van der Waals surface area (Å²) in [6.45, 7) is 0. The third kappa shape index (κ3) is 1.24. The molecule has 0 aromatic carbocycles. The number of epoxide rings is 1. The van der Waals surface area contributed by atoms with E-state index in [0.717, 1.165) is 5.69 Å². The van der Waals surface area contributed by atoms with E-state index in [9.17, 15) is 8.78 Å². The Kier molecular flexibility index (Phi) is 1.63. The van der Waals surface area contributed by atoms with E-state index in [4.69, 9.17) is 4.74 Å². The Bertz CT molecular complexity index is 401. The molecule has 0 amide bonds. The van der Waals surface area contributed by atoms with Gasteiger partial charge in [0.1, 0.15) is 5.60 Å². The summed E-state index contributed by atoms with van der Waals surface area (Å²) in [5.41, 5.74) is 0.628. The van der Waals surface area contributed by atoms with Crippen LogP contribution in [0.5, 0.6) is 0 Å². The molecule has 82 valence electrons. The number of halogens is 2. The Morgan fingerprint density at radius 2 is 2.27 bits per heavy atom. The quantitative estimate of drug-likeness (QED) is 0.655. The van der Waals surface area contributed by atoms with Crippen LogP contribution in [-0.2, 0) is 17.4 Å². The second-order valence-corrected chi connectivity index (χ2v) is 4.56. The number of rotatable bonds is 1. The molecular formula is C11H13F2NO. The fourth-order valence-corrected chi connectivity index (χ4v) is 2.64. The van der Waals surface area contributed by atoms with Crippen molar-refractivity contribution in [1.82, 2.24) is 4.57 Å². The van der Waals surface area contributed by atoms with Gasteiger partial charge in [-0.2, -0.15) is 0 Å². The number of nitrogens with zero attached hydrogens (tertiary/aromatic N) is 1. The van der Waals surface area contributed by atoms with Crippen molar-refractivity contribution in [2.24, 2.45) is 7.05 Å². The molecule has 3 rings (SSSR count). The Morgan fingerprint density at radius 1 is 1.47 bits per heavy atom. The molecule has 2 aliphatic rings. The minimum Gasteiger partial charge on any atom is -0.359 e. The van der Waals surface area contributed by atoms with Gasteiger partial charge in [0, 0.05) is 26.1 Å². The first-order chi connectivity index (χ1) is 7.04. The summed E-state index contributed by atoms with van der Waals surface area (Å²) in [6.07, 6.45) is 1.89. The molecule has 0 N–H and O–H groups in total. The van der Waals surface area contributed by atoms with Crippen molar-refractivity contribution in [3.05, 3.63) is 24.0 Å². The van der Waals surface area contributed by atoms with Crippen molar-refractivity contribution in [3.63, 3.8) is 0 Å². The average Bonchev–Trinajstić information content (AvgIpc) is 2.68. The van der Waals surface area contributed by atoms with Gasteiger partial charge in [0.2, 0.25) is 0 Å². The Balaban J connectivity index is 1.89. The minimum atomic E-state index is -2.53. The number of hydrogen-bond donors (Lipinski definition) is 0. The second-order valence-electron chi connectivity index (χ2n) is 4.56. The predicted molar refractivity (Wildman–Crippen MR) is 50.8 cm³/mol. The molecule has 1 aromatic rings. The first kappa shape index (κ1) is 9.33. The molecule has 1 aliphatic heterocycles. The SMILES string of the molecule is Cn1cccc1[C@@]12CCC(F)(F)C[C@H]1O2. The lowest BCUT2D eigenvalue weighted by Gasteiger charge is -2.24. The molecule has 0 spiro atoms. The highest BCUT2D eigenvalue weighted by Crippen LogP contribution is 2.58. The summed E-state index contributed by atoms with van der Waals surface area (Å²) >= 11 is 0. The van der Waals surface area contributed by atoms with E-state index < -0.39 is 11.5 Å². The first-order valence-corrected chi connectivity index (χ1v) is 5.21. The summed E-state index contributed by atoms with van der Waals surface area (Å²) in [6, 6.07) is 3.89. The number of ether oxygens (including phenoxy) is 1. The highest BCUT2D eigenvalue weighted by molar-refractivity contribution is 5.26. The lowest BCUT2D eigenvalue weighted by atomic mass is 9.84. The molecule has 0 unspecified atom stereocenters. The van der Waals surface area contributed by atoms with Crippen LogP contribution in [0.15, 0.2) is 18.3 Å². The molecule has 1 saturated heterocycles. The summed E-state index contributed by atoms with van der Waals surface area (Å²) in [5.74, 6) is -2.53. The van der Waals surface area contributed by atoms with Gasteiger partial charge in [0.25, 0.3) is 5.92 Å². The maximum atomic E-state index is 13.1. The van der Waals surface area contributed by atoms with E-state index in [1.165, 1.54) is 0 Å². The number of fused-ring (bicyclic) bond motifs is 1. The largest absolute Gasteiger partial charge is 0.359 e. The number of hydrogen-bond acceptors (Lipinski definition) is 1. The predicted octanol–water partition coefficient (Wildman–Crippen LogP) is 2.44. The average molecular weight is 213 g/mol. The molecule has 4 heteroatoms. The van der Waals surface area contributed by atoms with Gasteiger partial charge in [-0.3, -0.25) is 0 Å². The Hall–Kier alpha value is -0.900. The fraction of sp³-hybridized carbons (Fsp3) is 0.636. The zero-order chi connectivity index (χ0) is 10.7. The van der Waals surface area contributed by atoms with Gasteiger partial charge in [0.05, 0.1) is 11.8 Å². The monoisotopic (exact) mass is 213 g/mol. The van der Waals surface area contributed by atoms with E-state index in [2.05, 4.69) is 0 Å². The summed E-state index contributed by atoms with van der Waals surface area (Å²) in [4.78, 5) is 0. The molecule has 1 aliphatic carbocycles. The van der Waals surface area contributed by atoms with E-state index in [1.807, 2.05) is 29.9 Å². The highest BCUT2D eigenvalue weighted by Gasteiger charge is 2.65. The van der Waals surface area contributed by atoms with Crippen LogP contribution in [0.4, 0.5) is 8.78 Å². The van der Waals surface area contributed by atoms with Crippen LogP contribution in [0.1, 0.15) is 25.0 Å². The van der Waals surface area contributed by atoms with Crippen LogP contribution < -0.4 is 0 Å². The van der Waals surface area contributed by atoms with Crippen LogP contribution in [0.25, 0.3) is 0 Å². The van der Waals surface area contributed by atoms with Crippen LogP contribution >= 0.6 is 0 Å². The molecule has 0 bridgehead atoms. The maximum absolute atomic E-state index is 13.1. The molecule has 1 aromatic heterocycles. The van der Waals surface area contributed by atoms with Crippen molar-refractivity contribution < 1.29 is 13.5 Å².